The maximum atomic E-state index is 7.19. The highest BCUT2D eigenvalue weighted by atomic mass is 35.5. The van der Waals surface area contributed by atoms with E-state index in [1.54, 1.807) is 19.1 Å². The van der Waals surface area contributed by atoms with Crippen molar-refractivity contribution in [3.05, 3.63) is 40.5 Å². The summed E-state index contributed by atoms with van der Waals surface area (Å²) in [5.74, 6) is 0. The zero-order valence-corrected chi connectivity index (χ0v) is 8.10. The summed E-state index contributed by atoms with van der Waals surface area (Å²) in [6.45, 7) is 1.77. The molecule has 0 aliphatic carbocycles. The lowest BCUT2D eigenvalue weighted by Gasteiger charge is -2.03. The van der Waals surface area contributed by atoms with Gasteiger partial charge in [0.1, 0.15) is 0 Å². The highest BCUT2D eigenvalue weighted by Crippen LogP contribution is 2.17. The molecule has 68 valence electrons. The molecule has 3 N–H and O–H groups in total. The minimum atomic E-state index is 0.636. The number of hydrogen-bond donors (Lipinski definition) is 2. The Morgan fingerprint density at radius 2 is 1.92 bits per heavy atom. The summed E-state index contributed by atoms with van der Waals surface area (Å²) in [4.78, 5) is 0. The molecule has 0 unspecified atom stereocenters. The van der Waals surface area contributed by atoms with Gasteiger partial charge in [0.05, 0.1) is 0 Å². The molecule has 0 amide bonds. The zero-order chi connectivity index (χ0) is 9.84. The van der Waals surface area contributed by atoms with Crippen LogP contribution in [-0.2, 0) is 0 Å². The predicted molar refractivity (Wildman–Crippen MR) is 57.0 cm³/mol. The molecular weight excluding hydrogens is 184 g/mol. The number of rotatable bonds is 2. The lowest BCUT2D eigenvalue weighted by molar-refractivity contribution is 1.33. The van der Waals surface area contributed by atoms with Gasteiger partial charge in [-0.25, -0.2) is 0 Å². The fourth-order valence-electron chi connectivity index (χ4n) is 1.05. The standard InChI is InChI=1S/C10H11ClN2/c1-7(13)10(6-12)8-2-4-9(11)5-3-8/h2-6,12H,13H2,1H3/b10-7+,12-6?. The van der Waals surface area contributed by atoms with E-state index in [0.717, 1.165) is 11.1 Å². The first-order valence-corrected chi connectivity index (χ1v) is 4.25. The van der Waals surface area contributed by atoms with Crippen LogP contribution in [0.2, 0.25) is 5.02 Å². The van der Waals surface area contributed by atoms with E-state index in [-0.39, 0.29) is 0 Å². The van der Waals surface area contributed by atoms with Crippen LogP contribution in [0.15, 0.2) is 30.0 Å². The van der Waals surface area contributed by atoms with Crippen LogP contribution in [0.1, 0.15) is 12.5 Å². The molecule has 3 heteroatoms. The van der Waals surface area contributed by atoms with E-state index in [1.165, 1.54) is 6.21 Å². The Bertz CT molecular complexity index is 334. The molecule has 13 heavy (non-hydrogen) atoms. The molecule has 0 fully saturated rings. The fraction of sp³-hybridized carbons (Fsp3) is 0.100. The van der Waals surface area contributed by atoms with Crippen molar-refractivity contribution in [2.45, 2.75) is 6.92 Å². The Morgan fingerprint density at radius 1 is 1.38 bits per heavy atom. The van der Waals surface area contributed by atoms with Crippen LogP contribution in [-0.4, -0.2) is 6.21 Å². The minimum Gasteiger partial charge on any atom is -0.402 e. The van der Waals surface area contributed by atoms with Crippen molar-refractivity contribution in [1.29, 1.82) is 5.41 Å². The molecule has 0 saturated heterocycles. The van der Waals surface area contributed by atoms with E-state index in [1.807, 2.05) is 12.1 Å². The van der Waals surface area contributed by atoms with Crippen molar-refractivity contribution in [1.82, 2.24) is 0 Å². The van der Waals surface area contributed by atoms with Crippen molar-refractivity contribution in [3.8, 4) is 0 Å². The molecule has 2 nitrogen and oxygen atoms in total. The largest absolute Gasteiger partial charge is 0.402 e. The van der Waals surface area contributed by atoms with Gasteiger partial charge in [0.15, 0.2) is 0 Å². The normalized spacial score (nSPS) is 12.2. The van der Waals surface area contributed by atoms with Crippen LogP contribution < -0.4 is 5.73 Å². The number of nitrogens with two attached hydrogens (primary N) is 1. The summed E-state index contributed by atoms with van der Waals surface area (Å²) in [6, 6.07) is 7.25. The highest BCUT2D eigenvalue weighted by Gasteiger charge is 2.00. The average molecular weight is 195 g/mol. The quantitative estimate of drug-likeness (QED) is 0.699. The second-order valence-electron chi connectivity index (χ2n) is 2.75. The number of allylic oxidation sites excluding steroid dienone is 2. The molecule has 0 aromatic heterocycles. The minimum absolute atomic E-state index is 0.636. The van der Waals surface area contributed by atoms with Crippen molar-refractivity contribution in [2.75, 3.05) is 0 Å². The van der Waals surface area contributed by atoms with Gasteiger partial charge >= 0.3 is 0 Å². The van der Waals surface area contributed by atoms with Crippen molar-refractivity contribution < 1.29 is 0 Å². The van der Waals surface area contributed by atoms with Gasteiger partial charge in [0.2, 0.25) is 0 Å². The maximum absolute atomic E-state index is 7.19. The van der Waals surface area contributed by atoms with Gasteiger partial charge in [0, 0.05) is 22.5 Å². The molecular formula is C10H11ClN2. The van der Waals surface area contributed by atoms with Gasteiger partial charge in [-0.15, -0.1) is 0 Å². The van der Waals surface area contributed by atoms with E-state index < -0.39 is 0 Å². The summed E-state index contributed by atoms with van der Waals surface area (Å²) in [7, 11) is 0. The third-order valence-corrected chi connectivity index (χ3v) is 1.98. The first-order chi connectivity index (χ1) is 6.15. The second kappa shape index (κ2) is 4.10. The summed E-state index contributed by atoms with van der Waals surface area (Å²) < 4.78 is 0. The Kier molecular flexibility index (Phi) is 3.09. The van der Waals surface area contributed by atoms with Gasteiger partial charge in [-0.2, -0.15) is 0 Å². The van der Waals surface area contributed by atoms with E-state index in [4.69, 9.17) is 22.7 Å². The molecule has 0 aliphatic rings. The Labute approximate surface area is 82.5 Å². The van der Waals surface area contributed by atoms with Gasteiger partial charge in [-0.3, -0.25) is 0 Å². The highest BCUT2D eigenvalue weighted by molar-refractivity contribution is 6.30. The second-order valence-corrected chi connectivity index (χ2v) is 3.18. The fourth-order valence-corrected chi connectivity index (χ4v) is 1.18. The molecule has 0 radical (unpaired) electrons. The third-order valence-electron chi connectivity index (χ3n) is 1.72. The molecule has 1 rings (SSSR count). The Balaban J connectivity index is 3.15. The number of hydrogen-bond acceptors (Lipinski definition) is 2. The molecule has 0 aliphatic heterocycles. The van der Waals surface area contributed by atoms with Crippen LogP contribution in [0.25, 0.3) is 5.57 Å². The molecule has 1 aromatic rings. The first kappa shape index (κ1) is 9.81. The number of nitrogens with one attached hydrogen (secondary N) is 1. The smallest absolute Gasteiger partial charge is 0.0406 e. The zero-order valence-electron chi connectivity index (χ0n) is 7.34. The molecule has 0 saturated carbocycles. The molecule has 0 atom stereocenters. The Morgan fingerprint density at radius 3 is 2.31 bits per heavy atom. The SMILES string of the molecule is C/C(N)=C(/C=N)c1ccc(Cl)cc1. The molecule has 0 heterocycles. The van der Waals surface area contributed by atoms with Crippen molar-refractivity contribution >= 4 is 23.4 Å². The topological polar surface area (TPSA) is 49.9 Å². The number of halogens is 1. The van der Waals surface area contributed by atoms with E-state index in [9.17, 15) is 0 Å². The third kappa shape index (κ3) is 2.33. The monoisotopic (exact) mass is 194 g/mol. The summed E-state index contributed by atoms with van der Waals surface area (Å²) in [5.41, 5.74) is 7.90. The van der Waals surface area contributed by atoms with Crippen LogP contribution in [0.5, 0.6) is 0 Å². The average Bonchev–Trinajstić information content (AvgIpc) is 2.09. The molecule has 0 bridgehead atoms. The van der Waals surface area contributed by atoms with Gasteiger partial charge in [0.25, 0.3) is 0 Å². The number of benzene rings is 1. The van der Waals surface area contributed by atoms with Gasteiger partial charge < -0.3 is 11.1 Å². The maximum Gasteiger partial charge on any atom is 0.0406 e. The van der Waals surface area contributed by atoms with E-state index >= 15 is 0 Å². The lowest BCUT2D eigenvalue weighted by Crippen LogP contribution is -1.98. The summed E-state index contributed by atoms with van der Waals surface area (Å²) in [5, 5.41) is 7.87. The van der Waals surface area contributed by atoms with Crippen molar-refractivity contribution in [3.63, 3.8) is 0 Å². The summed E-state index contributed by atoms with van der Waals surface area (Å²) >= 11 is 5.73. The van der Waals surface area contributed by atoms with Gasteiger partial charge in [-0.1, -0.05) is 23.7 Å². The van der Waals surface area contributed by atoms with E-state index in [0.29, 0.717) is 10.7 Å². The van der Waals surface area contributed by atoms with Crippen molar-refractivity contribution in [2.24, 2.45) is 5.73 Å². The summed E-state index contributed by atoms with van der Waals surface area (Å²) in [6.07, 6.45) is 1.25. The van der Waals surface area contributed by atoms with Crippen LogP contribution in [0.3, 0.4) is 0 Å². The van der Waals surface area contributed by atoms with Crippen LogP contribution >= 0.6 is 11.6 Å². The molecule has 1 aromatic carbocycles. The van der Waals surface area contributed by atoms with Crippen LogP contribution in [0, 0.1) is 5.41 Å². The lowest BCUT2D eigenvalue weighted by atomic mass is 10.1. The Hall–Kier alpha value is -1.28. The molecule has 0 spiro atoms. The van der Waals surface area contributed by atoms with E-state index in [2.05, 4.69) is 0 Å². The van der Waals surface area contributed by atoms with Gasteiger partial charge in [-0.05, 0) is 24.6 Å². The first-order valence-electron chi connectivity index (χ1n) is 3.88. The van der Waals surface area contributed by atoms with Crippen LogP contribution in [0.4, 0.5) is 0 Å². The predicted octanol–water partition coefficient (Wildman–Crippen LogP) is 2.68.